The van der Waals surface area contributed by atoms with Crippen LogP contribution in [0.4, 0.5) is 0 Å². The summed E-state index contributed by atoms with van der Waals surface area (Å²) in [6.45, 7) is 8.99. The Labute approximate surface area is 141 Å². The lowest BCUT2D eigenvalue weighted by molar-refractivity contribution is -0.142. The average Bonchev–Trinajstić information content (AvgIpc) is 2.54. The highest BCUT2D eigenvalue weighted by Gasteiger charge is 2.22. The maximum absolute atomic E-state index is 12.4. The zero-order valence-electron chi connectivity index (χ0n) is 15.4. The quantitative estimate of drug-likeness (QED) is 0.273. The smallest absolute Gasteiger partial charge is 0.334 e. The predicted octanol–water partition coefficient (Wildman–Crippen LogP) is 4.96. The Morgan fingerprint density at radius 1 is 0.609 bits per heavy atom. The van der Waals surface area contributed by atoms with Crippen LogP contribution < -0.4 is 0 Å². The second kappa shape index (κ2) is 14.3. The summed E-state index contributed by atoms with van der Waals surface area (Å²) in [6, 6.07) is 0. The van der Waals surface area contributed by atoms with E-state index in [4.69, 9.17) is 9.47 Å². The first kappa shape index (κ1) is 21.7. The van der Waals surface area contributed by atoms with Gasteiger partial charge in [0.25, 0.3) is 0 Å². The minimum absolute atomic E-state index is 0.345. The molecule has 0 fully saturated rings. The summed E-state index contributed by atoms with van der Waals surface area (Å²) in [4.78, 5) is 24.7. The van der Waals surface area contributed by atoms with E-state index in [1.807, 2.05) is 6.92 Å². The Kier molecular flexibility index (Phi) is 13.5. The highest BCUT2D eigenvalue weighted by atomic mass is 16.5. The van der Waals surface area contributed by atoms with Crippen LogP contribution in [0.3, 0.4) is 0 Å². The molecule has 0 aromatic heterocycles. The molecule has 0 aliphatic heterocycles. The number of carbonyl (C=O) groups is 2. The van der Waals surface area contributed by atoms with Gasteiger partial charge in [-0.15, -0.1) is 0 Å². The Hall–Kier alpha value is -1.32. The number of esters is 2. The van der Waals surface area contributed by atoms with E-state index in [1.54, 1.807) is 0 Å². The van der Waals surface area contributed by atoms with Crippen molar-refractivity contribution in [2.24, 2.45) is 0 Å². The van der Waals surface area contributed by atoms with Crippen molar-refractivity contribution in [1.29, 1.82) is 0 Å². The van der Waals surface area contributed by atoms with E-state index in [-0.39, 0.29) is 11.9 Å². The minimum atomic E-state index is -0.348. The van der Waals surface area contributed by atoms with Gasteiger partial charge >= 0.3 is 11.9 Å². The van der Waals surface area contributed by atoms with Gasteiger partial charge in [-0.25, -0.2) is 9.59 Å². The largest absolute Gasteiger partial charge is 0.462 e. The van der Waals surface area contributed by atoms with Crippen LogP contribution in [-0.2, 0) is 19.1 Å². The van der Waals surface area contributed by atoms with Crippen LogP contribution in [0, 0.1) is 0 Å². The van der Waals surface area contributed by atoms with Crippen LogP contribution in [-0.4, -0.2) is 25.2 Å². The van der Waals surface area contributed by atoms with Crippen molar-refractivity contribution in [3.8, 4) is 0 Å². The molecule has 0 spiro atoms. The lowest BCUT2D eigenvalue weighted by Crippen LogP contribution is -2.18. The standard InChI is InChI=1S/C19H34O4/c1-5-9-13-17(19(21)23-15-11-7-3)16(12-8-4)18(20)22-14-10-6-2/h5-15H2,1-4H3/b17-16-. The molecular weight excluding hydrogens is 292 g/mol. The summed E-state index contributed by atoms with van der Waals surface area (Å²) in [7, 11) is 0. The van der Waals surface area contributed by atoms with E-state index in [0.29, 0.717) is 37.2 Å². The van der Waals surface area contributed by atoms with Crippen molar-refractivity contribution in [3.63, 3.8) is 0 Å². The zero-order valence-corrected chi connectivity index (χ0v) is 15.4. The maximum Gasteiger partial charge on any atom is 0.334 e. The Balaban J connectivity index is 5.16. The van der Waals surface area contributed by atoms with Crippen molar-refractivity contribution in [2.75, 3.05) is 13.2 Å². The van der Waals surface area contributed by atoms with Crippen LogP contribution in [0.15, 0.2) is 11.1 Å². The molecule has 0 amide bonds. The summed E-state index contributed by atoms with van der Waals surface area (Å²) >= 11 is 0. The van der Waals surface area contributed by atoms with Gasteiger partial charge in [-0.1, -0.05) is 53.4 Å². The van der Waals surface area contributed by atoms with Crippen LogP contribution >= 0.6 is 0 Å². The SMILES string of the molecule is CCCCOC(=O)/C(CCC)=C(/CCCC)C(=O)OCCCC. The fourth-order valence-corrected chi connectivity index (χ4v) is 2.15. The topological polar surface area (TPSA) is 52.6 Å². The molecule has 4 heteroatoms. The first-order valence-corrected chi connectivity index (χ1v) is 9.18. The molecule has 134 valence electrons. The summed E-state index contributed by atoms with van der Waals surface area (Å²) in [6.07, 6.45) is 7.42. The number of ether oxygens (including phenoxy) is 2. The molecule has 0 heterocycles. The van der Waals surface area contributed by atoms with Crippen molar-refractivity contribution in [1.82, 2.24) is 0 Å². The molecule has 0 saturated carbocycles. The molecule has 0 aliphatic rings. The molecular formula is C19H34O4. The number of rotatable bonds is 13. The van der Waals surface area contributed by atoms with Crippen molar-refractivity contribution in [3.05, 3.63) is 11.1 Å². The molecule has 0 bridgehead atoms. The third-order valence-corrected chi connectivity index (χ3v) is 3.60. The maximum atomic E-state index is 12.4. The number of unbranched alkanes of at least 4 members (excludes halogenated alkanes) is 3. The molecule has 4 nitrogen and oxygen atoms in total. The van der Waals surface area contributed by atoms with Gasteiger partial charge in [-0.3, -0.25) is 0 Å². The Morgan fingerprint density at radius 3 is 1.43 bits per heavy atom. The first-order chi connectivity index (χ1) is 11.1. The van der Waals surface area contributed by atoms with Crippen molar-refractivity contribution < 1.29 is 19.1 Å². The summed E-state index contributed by atoms with van der Waals surface area (Å²) in [5, 5.41) is 0. The normalized spacial score (nSPS) is 11.8. The molecule has 0 rings (SSSR count). The second-order valence-corrected chi connectivity index (χ2v) is 5.79. The molecule has 0 aromatic carbocycles. The second-order valence-electron chi connectivity index (χ2n) is 5.79. The van der Waals surface area contributed by atoms with Gasteiger partial charge in [0.2, 0.25) is 0 Å². The van der Waals surface area contributed by atoms with Crippen LogP contribution in [0.5, 0.6) is 0 Å². The molecule has 0 unspecified atom stereocenters. The Morgan fingerprint density at radius 2 is 1.04 bits per heavy atom. The van der Waals surface area contributed by atoms with E-state index in [1.165, 1.54) is 0 Å². The molecule has 0 aliphatic carbocycles. The number of hydrogen-bond donors (Lipinski definition) is 0. The molecule has 0 radical (unpaired) electrons. The van der Waals surface area contributed by atoms with E-state index < -0.39 is 0 Å². The fraction of sp³-hybridized carbons (Fsp3) is 0.789. The highest BCUT2D eigenvalue weighted by Crippen LogP contribution is 2.20. The van der Waals surface area contributed by atoms with Crippen LogP contribution in [0.2, 0.25) is 0 Å². The van der Waals surface area contributed by atoms with Crippen LogP contribution in [0.25, 0.3) is 0 Å². The molecule has 0 atom stereocenters. The average molecular weight is 326 g/mol. The van der Waals surface area contributed by atoms with Gasteiger partial charge < -0.3 is 9.47 Å². The lowest BCUT2D eigenvalue weighted by atomic mass is 9.99. The minimum Gasteiger partial charge on any atom is -0.462 e. The number of carbonyl (C=O) groups excluding carboxylic acids is 2. The Bertz CT molecular complexity index is 372. The fourth-order valence-electron chi connectivity index (χ4n) is 2.15. The van der Waals surface area contributed by atoms with Gasteiger partial charge in [-0.2, -0.15) is 0 Å². The third-order valence-electron chi connectivity index (χ3n) is 3.60. The van der Waals surface area contributed by atoms with Gasteiger partial charge in [0, 0.05) is 11.1 Å². The molecule has 23 heavy (non-hydrogen) atoms. The summed E-state index contributed by atoms with van der Waals surface area (Å²) in [5.41, 5.74) is 1.03. The lowest BCUT2D eigenvalue weighted by Gasteiger charge is -2.14. The monoisotopic (exact) mass is 326 g/mol. The summed E-state index contributed by atoms with van der Waals surface area (Å²) in [5.74, 6) is -0.693. The molecule has 0 saturated heterocycles. The molecule has 0 aromatic rings. The van der Waals surface area contributed by atoms with Gasteiger partial charge in [0.15, 0.2) is 0 Å². The van der Waals surface area contributed by atoms with Crippen molar-refractivity contribution >= 4 is 11.9 Å². The van der Waals surface area contributed by atoms with E-state index in [9.17, 15) is 9.59 Å². The van der Waals surface area contributed by atoms with Gasteiger partial charge in [0.05, 0.1) is 13.2 Å². The van der Waals surface area contributed by atoms with Crippen molar-refractivity contribution in [2.45, 2.75) is 85.5 Å². The zero-order chi connectivity index (χ0) is 17.5. The van der Waals surface area contributed by atoms with E-state index in [2.05, 4.69) is 20.8 Å². The van der Waals surface area contributed by atoms with E-state index >= 15 is 0 Å². The highest BCUT2D eigenvalue weighted by molar-refractivity contribution is 6.00. The van der Waals surface area contributed by atoms with E-state index in [0.717, 1.165) is 44.9 Å². The number of hydrogen-bond acceptors (Lipinski definition) is 4. The van der Waals surface area contributed by atoms with Crippen LogP contribution in [0.1, 0.15) is 85.5 Å². The predicted molar refractivity (Wildman–Crippen MR) is 93.2 cm³/mol. The molecule has 0 N–H and O–H groups in total. The first-order valence-electron chi connectivity index (χ1n) is 9.18. The third kappa shape index (κ3) is 9.42. The summed E-state index contributed by atoms with van der Waals surface area (Å²) < 4.78 is 10.7. The van der Waals surface area contributed by atoms with Gasteiger partial charge in [-0.05, 0) is 32.1 Å². The van der Waals surface area contributed by atoms with Gasteiger partial charge in [0.1, 0.15) is 0 Å².